The fourth-order valence-electron chi connectivity index (χ4n) is 2.63. The molecule has 1 saturated carbocycles. The van der Waals surface area contributed by atoms with Gasteiger partial charge in [-0.3, -0.25) is 0 Å². The zero-order chi connectivity index (χ0) is 13.4. The molecule has 0 radical (unpaired) electrons. The molecule has 3 heteroatoms. The molecule has 0 aromatic heterocycles. The summed E-state index contributed by atoms with van der Waals surface area (Å²) < 4.78 is 5.21. The van der Waals surface area contributed by atoms with Gasteiger partial charge in [0.25, 0.3) is 0 Å². The Hall–Kier alpha value is -1.51. The van der Waals surface area contributed by atoms with Crippen molar-refractivity contribution in [2.45, 2.75) is 51.0 Å². The molecular formula is C15H20O3. The number of benzene rings is 1. The monoisotopic (exact) mass is 248 g/mol. The van der Waals surface area contributed by atoms with Gasteiger partial charge in [-0.2, -0.15) is 0 Å². The molecule has 1 aromatic rings. The molecule has 98 valence electrons. The number of carboxylic acid groups (broad SMARTS) is 1. The molecule has 0 spiro atoms. The van der Waals surface area contributed by atoms with E-state index in [9.17, 15) is 4.79 Å². The zero-order valence-corrected chi connectivity index (χ0v) is 11.2. The molecular weight excluding hydrogens is 228 g/mol. The Morgan fingerprint density at radius 1 is 1.28 bits per heavy atom. The first kappa shape index (κ1) is 12.9. The smallest absolute Gasteiger partial charge is 0.450 e. The fraction of sp³-hybridized carbons (Fsp3) is 0.533. The van der Waals surface area contributed by atoms with Crippen LogP contribution in [0, 0.1) is 0 Å². The first-order valence-corrected chi connectivity index (χ1v) is 6.37. The second-order valence-electron chi connectivity index (χ2n) is 6.01. The molecule has 3 nitrogen and oxygen atoms in total. The van der Waals surface area contributed by atoms with Crippen LogP contribution in [0.1, 0.15) is 51.2 Å². The summed E-state index contributed by atoms with van der Waals surface area (Å²) in [6.45, 7) is 6.41. The maximum Gasteiger partial charge on any atom is 0.506 e. The van der Waals surface area contributed by atoms with Crippen LogP contribution >= 0.6 is 0 Å². The van der Waals surface area contributed by atoms with Gasteiger partial charge in [0.15, 0.2) is 0 Å². The summed E-state index contributed by atoms with van der Waals surface area (Å²) in [4.78, 5) is 10.9. The maximum atomic E-state index is 10.9. The van der Waals surface area contributed by atoms with Gasteiger partial charge in [0.05, 0.1) is 0 Å². The first-order valence-electron chi connectivity index (χ1n) is 6.37. The van der Waals surface area contributed by atoms with Crippen LogP contribution in [0.3, 0.4) is 0 Å². The first-order chi connectivity index (χ1) is 8.35. The van der Waals surface area contributed by atoms with Crippen molar-refractivity contribution < 1.29 is 14.6 Å². The molecule has 0 aliphatic heterocycles. The minimum Gasteiger partial charge on any atom is -0.450 e. The third-order valence-electron chi connectivity index (χ3n) is 3.67. The number of ether oxygens (including phenoxy) is 1. The van der Waals surface area contributed by atoms with Crippen molar-refractivity contribution in [3.05, 3.63) is 35.4 Å². The van der Waals surface area contributed by atoms with Gasteiger partial charge >= 0.3 is 6.16 Å². The minimum atomic E-state index is -1.18. The van der Waals surface area contributed by atoms with Crippen LogP contribution in [-0.4, -0.2) is 11.3 Å². The van der Waals surface area contributed by atoms with Crippen molar-refractivity contribution >= 4 is 6.16 Å². The summed E-state index contributed by atoms with van der Waals surface area (Å²) >= 11 is 0. The lowest BCUT2D eigenvalue weighted by Crippen LogP contribution is -2.40. The highest BCUT2D eigenvalue weighted by Gasteiger charge is 2.45. The van der Waals surface area contributed by atoms with Crippen LogP contribution in [0.15, 0.2) is 24.3 Å². The third kappa shape index (κ3) is 2.22. The summed E-state index contributed by atoms with van der Waals surface area (Å²) in [5.41, 5.74) is 1.58. The van der Waals surface area contributed by atoms with E-state index in [-0.39, 0.29) is 5.41 Å². The Morgan fingerprint density at radius 3 is 2.33 bits per heavy atom. The summed E-state index contributed by atoms with van der Waals surface area (Å²) in [5.74, 6) is 0. The van der Waals surface area contributed by atoms with Gasteiger partial charge in [-0.25, -0.2) is 4.79 Å². The van der Waals surface area contributed by atoms with E-state index in [2.05, 4.69) is 26.8 Å². The largest absolute Gasteiger partial charge is 0.506 e. The predicted octanol–water partition coefficient (Wildman–Crippen LogP) is 4.06. The molecule has 0 saturated heterocycles. The van der Waals surface area contributed by atoms with E-state index in [1.54, 1.807) is 0 Å². The number of hydrogen-bond donors (Lipinski definition) is 1. The summed E-state index contributed by atoms with van der Waals surface area (Å²) in [6, 6.07) is 8.02. The lowest BCUT2D eigenvalue weighted by molar-refractivity contribution is -0.0749. The summed E-state index contributed by atoms with van der Waals surface area (Å²) in [6.07, 6.45) is 1.41. The van der Waals surface area contributed by atoms with E-state index in [1.807, 2.05) is 18.2 Å². The van der Waals surface area contributed by atoms with Gasteiger partial charge in [-0.05, 0) is 35.8 Å². The fourth-order valence-corrected chi connectivity index (χ4v) is 2.63. The van der Waals surface area contributed by atoms with Crippen molar-refractivity contribution in [3.8, 4) is 0 Å². The molecule has 1 aromatic carbocycles. The van der Waals surface area contributed by atoms with Gasteiger partial charge in [-0.1, -0.05) is 45.0 Å². The lowest BCUT2D eigenvalue weighted by atomic mass is 9.69. The molecule has 0 unspecified atom stereocenters. The van der Waals surface area contributed by atoms with Crippen LogP contribution in [0.2, 0.25) is 0 Å². The number of rotatable bonds is 2. The van der Waals surface area contributed by atoms with Crippen LogP contribution < -0.4 is 0 Å². The van der Waals surface area contributed by atoms with E-state index >= 15 is 0 Å². The highest BCUT2D eigenvalue weighted by atomic mass is 16.7. The lowest BCUT2D eigenvalue weighted by Gasteiger charge is -2.43. The van der Waals surface area contributed by atoms with Gasteiger partial charge in [-0.15, -0.1) is 0 Å². The zero-order valence-electron chi connectivity index (χ0n) is 11.2. The van der Waals surface area contributed by atoms with Crippen molar-refractivity contribution in [1.82, 2.24) is 0 Å². The van der Waals surface area contributed by atoms with E-state index in [0.717, 1.165) is 24.8 Å². The second-order valence-corrected chi connectivity index (χ2v) is 6.01. The molecule has 0 amide bonds. The van der Waals surface area contributed by atoms with Crippen molar-refractivity contribution in [3.63, 3.8) is 0 Å². The predicted molar refractivity (Wildman–Crippen MR) is 69.8 cm³/mol. The van der Waals surface area contributed by atoms with Crippen LogP contribution in [-0.2, 0) is 15.8 Å². The van der Waals surface area contributed by atoms with E-state index in [4.69, 9.17) is 9.84 Å². The van der Waals surface area contributed by atoms with Crippen LogP contribution in [0.5, 0.6) is 0 Å². The highest BCUT2D eigenvalue weighted by Crippen LogP contribution is 2.47. The maximum absolute atomic E-state index is 10.9. The Labute approximate surface area is 108 Å². The summed E-state index contributed by atoms with van der Waals surface area (Å²) in [5, 5.41) is 8.95. The van der Waals surface area contributed by atoms with Crippen LogP contribution in [0.4, 0.5) is 4.79 Å². The van der Waals surface area contributed by atoms with Crippen molar-refractivity contribution in [2.24, 2.45) is 0 Å². The molecule has 2 rings (SSSR count). The Balaban J connectivity index is 2.46. The number of hydrogen-bond acceptors (Lipinski definition) is 2. The molecule has 1 aliphatic rings. The molecule has 1 fully saturated rings. The molecule has 18 heavy (non-hydrogen) atoms. The molecule has 0 heterocycles. The quantitative estimate of drug-likeness (QED) is 0.803. The topological polar surface area (TPSA) is 46.5 Å². The van der Waals surface area contributed by atoms with Gasteiger partial charge in [0.2, 0.25) is 0 Å². The SMILES string of the molecule is CC(C)(C)c1ccccc1C1(OC(=O)O)CCC1. The number of carbonyl (C=O) groups is 1. The molecule has 0 atom stereocenters. The third-order valence-corrected chi connectivity index (χ3v) is 3.67. The Kier molecular flexibility index (Phi) is 3.09. The summed E-state index contributed by atoms with van der Waals surface area (Å²) in [7, 11) is 0. The van der Waals surface area contributed by atoms with Crippen LogP contribution in [0.25, 0.3) is 0 Å². The Bertz CT molecular complexity index is 453. The highest BCUT2D eigenvalue weighted by molar-refractivity contribution is 5.59. The molecule has 0 bridgehead atoms. The average molecular weight is 248 g/mol. The van der Waals surface area contributed by atoms with E-state index < -0.39 is 11.8 Å². The van der Waals surface area contributed by atoms with Crippen molar-refractivity contribution in [2.75, 3.05) is 0 Å². The average Bonchev–Trinajstić information content (AvgIpc) is 2.22. The normalized spacial score (nSPS) is 17.9. The van der Waals surface area contributed by atoms with Gasteiger partial charge in [0.1, 0.15) is 5.60 Å². The standard InChI is InChI=1S/C15H20O3/c1-14(2,3)11-7-4-5-8-12(11)15(9-6-10-15)18-13(16)17/h4-5,7-8H,6,9-10H2,1-3H3,(H,16,17). The Morgan fingerprint density at radius 2 is 1.89 bits per heavy atom. The van der Waals surface area contributed by atoms with E-state index in [1.165, 1.54) is 5.56 Å². The van der Waals surface area contributed by atoms with E-state index in [0.29, 0.717) is 0 Å². The molecule has 1 N–H and O–H groups in total. The van der Waals surface area contributed by atoms with Gasteiger partial charge in [0, 0.05) is 0 Å². The second kappa shape index (κ2) is 4.30. The van der Waals surface area contributed by atoms with Crippen molar-refractivity contribution in [1.29, 1.82) is 0 Å². The minimum absolute atomic E-state index is 0.0129. The van der Waals surface area contributed by atoms with Gasteiger partial charge < -0.3 is 9.84 Å². The molecule has 1 aliphatic carbocycles.